The molecule has 1 saturated heterocycles. The molecule has 1 fully saturated rings. The molecule has 1 aliphatic heterocycles. The molecule has 1 rings (SSSR count). The zero-order chi connectivity index (χ0) is 59.5. The van der Waals surface area contributed by atoms with E-state index in [1.54, 1.807) is 6.08 Å². The van der Waals surface area contributed by atoms with E-state index in [0.717, 1.165) is 64.2 Å². The lowest BCUT2D eigenvalue weighted by molar-refractivity contribution is -0.302. The van der Waals surface area contributed by atoms with Crippen molar-refractivity contribution in [1.82, 2.24) is 5.32 Å². The van der Waals surface area contributed by atoms with Crippen molar-refractivity contribution in [2.45, 2.75) is 371 Å². The van der Waals surface area contributed by atoms with E-state index < -0.39 is 49.5 Å². The second-order valence-electron chi connectivity index (χ2n) is 24.2. The summed E-state index contributed by atoms with van der Waals surface area (Å²) in [4.78, 5) is 25.1. The maximum Gasteiger partial charge on any atom is 0.305 e. The summed E-state index contributed by atoms with van der Waals surface area (Å²) in [5, 5.41) is 54.3. The first kappa shape index (κ1) is 77.6. The van der Waals surface area contributed by atoms with Crippen molar-refractivity contribution in [3.63, 3.8) is 0 Å². The number of unbranched alkanes of at least 4 members (excludes halogenated alkanes) is 41. The topological polar surface area (TPSA) is 175 Å². The molecule has 0 bridgehead atoms. The van der Waals surface area contributed by atoms with Gasteiger partial charge in [-0.2, -0.15) is 0 Å². The molecule has 7 unspecified atom stereocenters. The lowest BCUT2D eigenvalue weighted by Crippen LogP contribution is -2.60. The number of nitrogens with one attached hydrogen (secondary N) is 1. The molecule has 11 heteroatoms. The van der Waals surface area contributed by atoms with Crippen LogP contribution in [0.1, 0.15) is 328 Å². The number of allylic oxidation sites excluding steroid dienone is 7. The second kappa shape index (κ2) is 60.3. The van der Waals surface area contributed by atoms with Crippen LogP contribution >= 0.6 is 0 Å². The van der Waals surface area contributed by atoms with E-state index in [2.05, 4.69) is 55.6 Å². The van der Waals surface area contributed by atoms with Gasteiger partial charge in [0.05, 0.1) is 32.0 Å². The second-order valence-corrected chi connectivity index (χ2v) is 24.2. The minimum Gasteiger partial charge on any atom is -0.466 e. The van der Waals surface area contributed by atoms with Crippen molar-refractivity contribution in [1.29, 1.82) is 0 Å². The molecule has 1 amide bonds. The molecular formula is C71H131NO10. The molecule has 7 atom stereocenters. The van der Waals surface area contributed by atoms with Gasteiger partial charge in [0.2, 0.25) is 5.91 Å². The van der Waals surface area contributed by atoms with Gasteiger partial charge in [0, 0.05) is 12.8 Å². The number of esters is 1. The van der Waals surface area contributed by atoms with Crippen molar-refractivity contribution < 1.29 is 49.3 Å². The Hall–Kier alpha value is -2.38. The highest BCUT2D eigenvalue weighted by Gasteiger charge is 2.44. The summed E-state index contributed by atoms with van der Waals surface area (Å²) < 4.78 is 16.7. The predicted molar refractivity (Wildman–Crippen MR) is 343 cm³/mol. The van der Waals surface area contributed by atoms with Crippen LogP contribution in [0.5, 0.6) is 0 Å². The first-order valence-electron chi connectivity index (χ1n) is 34.9. The summed E-state index contributed by atoms with van der Waals surface area (Å²) in [6.45, 7) is 4.31. The van der Waals surface area contributed by atoms with Crippen LogP contribution in [0.25, 0.3) is 0 Å². The van der Waals surface area contributed by atoms with Crippen LogP contribution in [0.4, 0.5) is 0 Å². The minimum atomic E-state index is -1.57. The van der Waals surface area contributed by atoms with Gasteiger partial charge < -0.3 is 45.1 Å². The summed E-state index contributed by atoms with van der Waals surface area (Å²) in [5.41, 5.74) is 0. The van der Waals surface area contributed by atoms with Crippen LogP contribution < -0.4 is 5.32 Å². The lowest BCUT2D eigenvalue weighted by atomic mass is 9.99. The number of carbonyl (C=O) groups excluding carboxylic acids is 2. The van der Waals surface area contributed by atoms with Gasteiger partial charge >= 0.3 is 5.97 Å². The number of hydrogen-bond acceptors (Lipinski definition) is 10. The molecule has 11 nitrogen and oxygen atoms in total. The van der Waals surface area contributed by atoms with Crippen LogP contribution in [-0.4, -0.2) is 100 Å². The zero-order valence-corrected chi connectivity index (χ0v) is 53.2. The summed E-state index contributed by atoms with van der Waals surface area (Å²) >= 11 is 0. The van der Waals surface area contributed by atoms with Crippen molar-refractivity contribution >= 4 is 11.9 Å². The molecule has 480 valence electrons. The average molecular weight is 1160 g/mol. The summed E-state index contributed by atoms with van der Waals surface area (Å²) in [7, 11) is 0. The number of aliphatic hydroxyl groups is 5. The van der Waals surface area contributed by atoms with Crippen LogP contribution in [0, 0.1) is 0 Å². The molecule has 82 heavy (non-hydrogen) atoms. The number of amides is 1. The van der Waals surface area contributed by atoms with E-state index >= 15 is 0 Å². The van der Waals surface area contributed by atoms with E-state index in [9.17, 15) is 35.1 Å². The van der Waals surface area contributed by atoms with Crippen LogP contribution in [-0.2, 0) is 23.8 Å². The zero-order valence-electron chi connectivity index (χ0n) is 53.2. The van der Waals surface area contributed by atoms with E-state index in [0.29, 0.717) is 19.4 Å². The highest BCUT2D eigenvalue weighted by molar-refractivity contribution is 5.76. The van der Waals surface area contributed by atoms with Gasteiger partial charge in [-0.3, -0.25) is 9.59 Å². The largest absolute Gasteiger partial charge is 0.466 e. The maximum atomic E-state index is 13.0. The Bertz CT molecular complexity index is 1500. The highest BCUT2D eigenvalue weighted by Crippen LogP contribution is 2.23. The van der Waals surface area contributed by atoms with Gasteiger partial charge in [0.1, 0.15) is 24.4 Å². The Labute approximate surface area is 504 Å². The fourth-order valence-corrected chi connectivity index (χ4v) is 10.9. The quantitative estimate of drug-likeness (QED) is 0.0195. The molecule has 6 N–H and O–H groups in total. The molecule has 0 aromatic heterocycles. The Morgan fingerprint density at radius 3 is 1.26 bits per heavy atom. The first-order chi connectivity index (χ1) is 40.2. The van der Waals surface area contributed by atoms with Crippen molar-refractivity contribution in [2.75, 3.05) is 19.8 Å². The smallest absolute Gasteiger partial charge is 0.305 e. The van der Waals surface area contributed by atoms with Gasteiger partial charge in [-0.05, 0) is 89.9 Å². The maximum absolute atomic E-state index is 13.0. The Kier molecular flexibility index (Phi) is 57.1. The fourth-order valence-electron chi connectivity index (χ4n) is 10.9. The number of aliphatic hydroxyl groups excluding tert-OH is 5. The van der Waals surface area contributed by atoms with Crippen LogP contribution in [0.15, 0.2) is 48.6 Å². The predicted octanol–water partition coefficient (Wildman–Crippen LogP) is 17.6. The SMILES string of the molecule is CCCCCC/C=C\C/C=C\CCCCCCCCCC(=O)OCCCCCCCCCCCCCC/C=C\CCCCCCCCCCCCCC(=O)NC(COC1OC(CO)C(O)C(O)C1O)C(O)/C=C/CCCCCCCCC. The molecule has 0 aromatic rings. The fraction of sp³-hybridized carbons (Fsp3) is 0.859. The molecule has 1 heterocycles. The Morgan fingerprint density at radius 1 is 0.451 bits per heavy atom. The number of carbonyl (C=O) groups is 2. The molecule has 0 aromatic carbocycles. The highest BCUT2D eigenvalue weighted by atomic mass is 16.7. The third-order valence-electron chi connectivity index (χ3n) is 16.4. The third kappa shape index (κ3) is 48.8. The minimum absolute atomic E-state index is 0.00187. The number of rotatable bonds is 61. The molecule has 0 spiro atoms. The molecule has 0 aliphatic carbocycles. The summed E-state index contributed by atoms with van der Waals surface area (Å²) in [6, 6.07) is -0.810. The van der Waals surface area contributed by atoms with Crippen LogP contribution in [0.2, 0.25) is 0 Å². The summed E-state index contributed by atoms with van der Waals surface area (Å²) in [5.74, 6) is -0.186. The van der Waals surface area contributed by atoms with Gasteiger partial charge in [-0.1, -0.05) is 274 Å². The molecular weight excluding hydrogens is 1030 g/mol. The first-order valence-corrected chi connectivity index (χ1v) is 34.9. The number of ether oxygens (including phenoxy) is 3. The van der Waals surface area contributed by atoms with Gasteiger partial charge in [-0.15, -0.1) is 0 Å². The lowest BCUT2D eigenvalue weighted by Gasteiger charge is -2.40. The van der Waals surface area contributed by atoms with E-state index in [-0.39, 0.29) is 18.5 Å². The summed E-state index contributed by atoms with van der Waals surface area (Å²) in [6.07, 6.45) is 68.2. The number of hydrogen-bond donors (Lipinski definition) is 6. The molecule has 0 radical (unpaired) electrons. The Balaban J connectivity index is 1.92. The van der Waals surface area contributed by atoms with Gasteiger partial charge in [0.25, 0.3) is 0 Å². The van der Waals surface area contributed by atoms with Crippen molar-refractivity contribution in [3.8, 4) is 0 Å². The van der Waals surface area contributed by atoms with Crippen molar-refractivity contribution in [2.24, 2.45) is 0 Å². The average Bonchev–Trinajstić information content (AvgIpc) is 3.63. The van der Waals surface area contributed by atoms with E-state index in [4.69, 9.17) is 14.2 Å². The molecule has 1 aliphatic rings. The monoisotopic (exact) mass is 1160 g/mol. The van der Waals surface area contributed by atoms with Crippen molar-refractivity contribution in [3.05, 3.63) is 48.6 Å². The van der Waals surface area contributed by atoms with Gasteiger partial charge in [0.15, 0.2) is 6.29 Å². The Morgan fingerprint density at radius 2 is 0.817 bits per heavy atom. The van der Waals surface area contributed by atoms with Crippen LogP contribution in [0.3, 0.4) is 0 Å². The van der Waals surface area contributed by atoms with E-state index in [1.807, 2.05) is 6.08 Å². The van der Waals surface area contributed by atoms with E-state index in [1.165, 1.54) is 238 Å². The standard InChI is InChI=1S/C71H131NO10/c1-3-5-7-9-11-13-14-15-16-17-30-33-36-39-43-47-51-55-59-67(76)80-60-56-52-48-44-40-37-34-31-28-26-24-22-20-18-19-21-23-25-27-29-32-35-38-42-46-50-54-58-66(75)72-63(64(74)57-53-49-45-41-12-10-8-6-4-2)62-81-71-70(79)69(78)68(77)65(61-73)82-71/h13-14,16-19,53,57,63-65,68-71,73-74,77-79H,3-12,15,20-52,54-56,58-62H2,1-2H3,(H,72,75)/b14-13-,17-16-,19-18-,57-53+. The molecule has 0 saturated carbocycles. The normalized spacial score (nSPS) is 18.5. The third-order valence-corrected chi connectivity index (χ3v) is 16.4. The van der Waals surface area contributed by atoms with Gasteiger partial charge in [-0.25, -0.2) is 0 Å².